The highest BCUT2D eigenvalue weighted by atomic mass is 32.2. The molecule has 0 bridgehead atoms. The van der Waals surface area contributed by atoms with Crippen molar-refractivity contribution in [2.75, 3.05) is 6.61 Å². The minimum atomic E-state index is -0.326. The zero-order chi connectivity index (χ0) is 16.8. The first-order chi connectivity index (χ1) is 11.7. The molecule has 0 radical (unpaired) electrons. The van der Waals surface area contributed by atoms with Gasteiger partial charge in [0.05, 0.1) is 11.5 Å². The highest BCUT2D eigenvalue weighted by Crippen LogP contribution is 2.28. The minimum Gasteiger partial charge on any atom is -0.494 e. The van der Waals surface area contributed by atoms with E-state index in [1.54, 1.807) is 6.08 Å². The first kappa shape index (κ1) is 17.1. The number of thioether (sulfide) groups is 1. The van der Waals surface area contributed by atoms with Crippen LogP contribution in [0.15, 0.2) is 29.2 Å². The van der Waals surface area contributed by atoms with Gasteiger partial charge < -0.3 is 4.74 Å². The molecule has 3 rings (SSSR count). The van der Waals surface area contributed by atoms with Gasteiger partial charge in [0.1, 0.15) is 5.75 Å². The molecule has 1 heterocycles. The van der Waals surface area contributed by atoms with Gasteiger partial charge in [-0.25, -0.2) is 0 Å². The maximum Gasteiger partial charge on any atom is 0.290 e. The molecule has 1 aliphatic heterocycles. The lowest BCUT2D eigenvalue weighted by molar-refractivity contribution is -0.115. The Bertz CT molecular complexity index is 618. The van der Waals surface area contributed by atoms with E-state index >= 15 is 0 Å². The molecule has 0 atom stereocenters. The average Bonchev–Trinajstić information content (AvgIpc) is 2.91. The van der Waals surface area contributed by atoms with Gasteiger partial charge in [-0.1, -0.05) is 44.2 Å². The molecule has 2 fully saturated rings. The van der Waals surface area contributed by atoms with Crippen LogP contribution in [0.2, 0.25) is 0 Å². The molecule has 0 aromatic heterocycles. The standard InChI is InChI=1S/C19H23NO3S/c21-18-17(24-19(22)20-18)13-15-8-10-16(11-9-15)23-12-4-7-14-5-2-1-3-6-14/h8-11,13-14H,1-7,12H2,(H,20,21,22)/b17-13-. The number of amides is 2. The second-order valence-electron chi connectivity index (χ2n) is 6.42. The Labute approximate surface area is 147 Å². The van der Waals surface area contributed by atoms with E-state index in [0.717, 1.165) is 42.0 Å². The van der Waals surface area contributed by atoms with Crippen LogP contribution in [0.25, 0.3) is 6.08 Å². The number of imide groups is 1. The lowest BCUT2D eigenvalue weighted by atomic mass is 9.86. The number of carbonyl (C=O) groups excluding carboxylic acids is 2. The fourth-order valence-corrected chi connectivity index (χ4v) is 3.95. The van der Waals surface area contributed by atoms with Gasteiger partial charge in [-0.2, -0.15) is 0 Å². The van der Waals surface area contributed by atoms with E-state index in [-0.39, 0.29) is 11.1 Å². The summed E-state index contributed by atoms with van der Waals surface area (Å²) in [5, 5.41) is 1.94. The number of hydrogen-bond acceptors (Lipinski definition) is 4. The van der Waals surface area contributed by atoms with Crippen LogP contribution in [0.3, 0.4) is 0 Å². The van der Waals surface area contributed by atoms with Gasteiger partial charge in [-0.3, -0.25) is 14.9 Å². The summed E-state index contributed by atoms with van der Waals surface area (Å²) in [5.41, 5.74) is 0.886. The Hall–Kier alpha value is -1.75. The molecule has 5 heteroatoms. The van der Waals surface area contributed by atoms with Crippen LogP contribution in [0.1, 0.15) is 50.5 Å². The zero-order valence-corrected chi connectivity index (χ0v) is 14.6. The van der Waals surface area contributed by atoms with Crippen LogP contribution in [0.4, 0.5) is 4.79 Å². The SMILES string of the molecule is O=C1NC(=O)/C(=C/c2ccc(OCCCC3CCCCC3)cc2)S1. The van der Waals surface area contributed by atoms with Crippen molar-refractivity contribution in [1.29, 1.82) is 0 Å². The van der Waals surface area contributed by atoms with Crippen molar-refractivity contribution in [2.45, 2.75) is 44.9 Å². The van der Waals surface area contributed by atoms with Gasteiger partial charge in [0.2, 0.25) is 0 Å². The van der Waals surface area contributed by atoms with E-state index in [1.165, 1.54) is 38.5 Å². The third-order valence-electron chi connectivity index (χ3n) is 4.57. The van der Waals surface area contributed by atoms with Crippen LogP contribution >= 0.6 is 11.8 Å². The summed E-state index contributed by atoms with van der Waals surface area (Å²) in [6.45, 7) is 0.754. The number of hydrogen-bond donors (Lipinski definition) is 1. The van der Waals surface area contributed by atoms with Crippen LogP contribution < -0.4 is 10.1 Å². The average molecular weight is 345 g/mol. The molecular weight excluding hydrogens is 322 g/mol. The van der Waals surface area contributed by atoms with Gasteiger partial charge in [0.25, 0.3) is 11.1 Å². The minimum absolute atomic E-state index is 0.316. The number of ether oxygens (including phenoxy) is 1. The highest BCUT2D eigenvalue weighted by molar-refractivity contribution is 8.18. The summed E-state index contributed by atoms with van der Waals surface area (Å²) < 4.78 is 5.80. The van der Waals surface area contributed by atoms with Crippen molar-refractivity contribution in [3.8, 4) is 5.75 Å². The molecule has 2 aliphatic rings. The van der Waals surface area contributed by atoms with Crippen LogP contribution in [-0.4, -0.2) is 17.8 Å². The van der Waals surface area contributed by atoms with Gasteiger partial charge >= 0.3 is 0 Å². The summed E-state index contributed by atoms with van der Waals surface area (Å²) in [6.07, 6.45) is 11.1. The topological polar surface area (TPSA) is 55.4 Å². The van der Waals surface area contributed by atoms with Gasteiger partial charge in [0.15, 0.2) is 0 Å². The van der Waals surface area contributed by atoms with E-state index in [1.807, 2.05) is 24.3 Å². The quantitative estimate of drug-likeness (QED) is 0.597. The van der Waals surface area contributed by atoms with Crippen molar-refractivity contribution < 1.29 is 14.3 Å². The summed E-state index contributed by atoms with van der Waals surface area (Å²) in [7, 11) is 0. The first-order valence-electron chi connectivity index (χ1n) is 8.68. The van der Waals surface area contributed by atoms with Crippen LogP contribution in [0, 0.1) is 5.92 Å². The molecule has 1 aromatic carbocycles. The Morgan fingerprint density at radius 3 is 2.54 bits per heavy atom. The molecule has 0 spiro atoms. The lowest BCUT2D eigenvalue weighted by Crippen LogP contribution is -2.17. The lowest BCUT2D eigenvalue weighted by Gasteiger charge is -2.21. The van der Waals surface area contributed by atoms with E-state index in [4.69, 9.17) is 4.74 Å². The fraction of sp³-hybridized carbons (Fsp3) is 0.474. The van der Waals surface area contributed by atoms with Gasteiger partial charge in [0, 0.05) is 0 Å². The molecule has 1 saturated heterocycles. The smallest absolute Gasteiger partial charge is 0.290 e. The fourth-order valence-electron chi connectivity index (χ4n) is 3.27. The van der Waals surface area contributed by atoms with E-state index in [2.05, 4.69) is 5.32 Å². The Morgan fingerprint density at radius 1 is 1.12 bits per heavy atom. The van der Waals surface area contributed by atoms with Crippen LogP contribution in [-0.2, 0) is 4.79 Å². The second-order valence-corrected chi connectivity index (χ2v) is 7.43. The molecule has 1 aliphatic carbocycles. The first-order valence-corrected chi connectivity index (χ1v) is 9.50. The highest BCUT2D eigenvalue weighted by Gasteiger charge is 2.24. The van der Waals surface area contributed by atoms with Crippen molar-refractivity contribution in [3.05, 3.63) is 34.7 Å². The molecular formula is C19H23NO3S. The Kier molecular flexibility index (Phi) is 5.96. The monoisotopic (exact) mass is 345 g/mol. The molecule has 1 aromatic rings. The van der Waals surface area contributed by atoms with Crippen molar-refractivity contribution in [3.63, 3.8) is 0 Å². The molecule has 0 unspecified atom stereocenters. The van der Waals surface area contributed by atoms with Crippen molar-refractivity contribution in [2.24, 2.45) is 5.92 Å². The molecule has 1 saturated carbocycles. The van der Waals surface area contributed by atoms with Gasteiger partial charge in [-0.15, -0.1) is 0 Å². The van der Waals surface area contributed by atoms with Crippen LogP contribution in [0.5, 0.6) is 5.75 Å². The molecule has 24 heavy (non-hydrogen) atoms. The summed E-state index contributed by atoms with van der Waals surface area (Å²) >= 11 is 0.933. The number of benzene rings is 1. The summed E-state index contributed by atoms with van der Waals surface area (Å²) in [6, 6.07) is 7.62. The predicted octanol–water partition coefficient (Wildman–Crippen LogP) is 4.75. The molecule has 2 amide bonds. The molecule has 128 valence electrons. The van der Waals surface area contributed by atoms with Crippen molar-refractivity contribution in [1.82, 2.24) is 5.32 Å². The normalized spacial score (nSPS) is 20.4. The summed E-state index contributed by atoms with van der Waals surface area (Å²) in [4.78, 5) is 23.1. The Morgan fingerprint density at radius 2 is 1.88 bits per heavy atom. The zero-order valence-electron chi connectivity index (χ0n) is 13.8. The third-order valence-corrected chi connectivity index (χ3v) is 5.38. The van der Waals surface area contributed by atoms with Gasteiger partial charge in [-0.05, 0) is 54.3 Å². The van der Waals surface area contributed by atoms with Crippen molar-refractivity contribution >= 4 is 29.0 Å². The van der Waals surface area contributed by atoms with E-state index < -0.39 is 0 Å². The number of nitrogens with one attached hydrogen (secondary N) is 1. The third kappa shape index (κ3) is 4.87. The maximum absolute atomic E-state index is 11.5. The number of rotatable bonds is 6. The predicted molar refractivity (Wildman–Crippen MR) is 96.9 cm³/mol. The second kappa shape index (κ2) is 8.38. The number of carbonyl (C=O) groups is 2. The molecule has 1 N–H and O–H groups in total. The molecule has 4 nitrogen and oxygen atoms in total. The maximum atomic E-state index is 11.5. The Balaban J connectivity index is 1.44. The largest absolute Gasteiger partial charge is 0.494 e. The summed E-state index contributed by atoms with van der Waals surface area (Å²) in [5.74, 6) is 1.42. The van der Waals surface area contributed by atoms with E-state index in [9.17, 15) is 9.59 Å². The van der Waals surface area contributed by atoms with E-state index in [0.29, 0.717) is 4.91 Å².